The standard InChI is InChI=1S/C26H36N5O9PS/c1-25(2,14-32)24(35)42-10-9-38-41(37,29-12-16-7-5-4-6-8-16)39-13-18-21(33)26(3,36)23(40-18)31-15-28-20-17(31)11-19(27)30-22(20)34/h4-8,11,15,18,21,23,32-33,36H,9-10,12-14H2,1-3H3,(H,29,37)(H3,27,30,34). The quantitative estimate of drug-likeness (QED) is 0.118. The highest BCUT2D eigenvalue weighted by atomic mass is 32.2. The fourth-order valence-electron chi connectivity index (χ4n) is 4.26. The van der Waals surface area contributed by atoms with Crippen LogP contribution in [0.1, 0.15) is 32.6 Å². The van der Waals surface area contributed by atoms with Gasteiger partial charge < -0.3 is 35.3 Å². The predicted molar refractivity (Wildman–Crippen MR) is 156 cm³/mol. The van der Waals surface area contributed by atoms with Gasteiger partial charge in [-0.1, -0.05) is 42.1 Å². The third kappa shape index (κ3) is 7.13. The van der Waals surface area contributed by atoms with Gasteiger partial charge in [-0.3, -0.25) is 18.6 Å². The van der Waals surface area contributed by atoms with Crippen molar-refractivity contribution in [2.75, 3.05) is 31.3 Å². The van der Waals surface area contributed by atoms with E-state index in [9.17, 15) is 29.5 Å². The highest BCUT2D eigenvalue weighted by Crippen LogP contribution is 2.47. The number of nitrogens with one attached hydrogen (secondary N) is 2. The highest BCUT2D eigenvalue weighted by molar-refractivity contribution is 8.13. The summed E-state index contributed by atoms with van der Waals surface area (Å²) in [6.07, 6.45) is -2.54. The number of aliphatic hydroxyl groups excluding tert-OH is 2. The van der Waals surface area contributed by atoms with Crippen molar-refractivity contribution in [3.8, 4) is 0 Å². The molecule has 5 unspecified atom stereocenters. The van der Waals surface area contributed by atoms with Crippen LogP contribution in [0.4, 0.5) is 5.82 Å². The summed E-state index contributed by atoms with van der Waals surface area (Å²) in [5.41, 5.74) is 3.62. The summed E-state index contributed by atoms with van der Waals surface area (Å²) in [6.45, 7) is 3.85. The number of nitrogens with zero attached hydrogens (tertiary/aromatic N) is 2. The van der Waals surface area contributed by atoms with Gasteiger partial charge in [0.05, 0.1) is 37.1 Å². The number of carbonyl (C=O) groups is 1. The van der Waals surface area contributed by atoms with E-state index in [-0.39, 0.29) is 47.5 Å². The molecule has 0 aliphatic carbocycles. The zero-order valence-corrected chi connectivity index (χ0v) is 25.1. The van der Waals surface area contributed by atoms with Crippen LogP contribution in [0.25, 0.3) is 11.0 Å². The van der Waals surface area contributed by atoms with E-state index in [2.05, 4.69) is 15.1 Å². The molecule has 1 aromatic carbocycles. The Bertz CT molecular complexity index is 1500. The number of carbonyl (C=O) groups excluding carboxylic acids is 1. The van der Waals surface area contributed by atoms with Gasteiger partial charge in [0, 0.05) is 18.4 Å². The van der Waals surface area contributed by atoms with Gasteiger partial charge in [0.1, 0.15) is 23.6 Å². The summed E-state index contributed by atoms with van der Waals surface area (Å²) in [6, 6.07) is 10.6. The first-order valence-electron chi connectivity index (χ1n) is 13.1. The van der Waals surface area contributed by atoms with Crippen molar-refractivity contribution in [2.45, 2.75) is 51.4 Å². The summed E-state index contributed by atoms with van der Waals surface area (Å²) in [5, 5.41) is 34.1. The molecule has 3 heterocycles. The topological polar surface area (TPSA) is 211 Å². The molecule has 16 heteroatoms. The molecular formula is C26H36N5O9PS. The second-order valence-corrected chi connectivity index (χ2v) is 13.7. The lowest BCUT2D eigenvalue weighted by Gasteiger charge is -2.27. The maximum Gasteiger partial charge on any atom is 0.405 e. The largest absolute Gasteiger partial charge is 0.405 e. The Kier molecular flexibility index (Phi) is 9.97. The number of aromatic nitrogens is 3. The number of nitrogens with two attached hydrogens (primary N) is 1. The van der Waals surface area contributed by atoms with Crippen LogP contribution in [0.5, 0.6) is 0 Å². The number of nitrogen functional groups attached to an aromatic ring is 1. The molecule has 2 aromatic heterocycles. The van der Waals surface area contributed by atoms with Gasteiger partial charge >= 0.3 is 7.75 Å². The molecule has 1 fully saturated rings. The minimum Gasteiger partial charge on any atom is -0.395 e. The van der Waals surface area contributed by atoms with Crippen molar-refractivity contribution in [3.63, 3.8) is 0 Å². The number of anilines is 1. The van der Waals surface area contributed by atoms with Crippen molar-refractivity contribution < 1.29 is 38.5 Å². The number of aromatic amines is 1. The number of fused-ring (bicyclic) bond motifs is 1. The average Bonchev–Trinajstić information content (AvgIpc) is 3.47. The van der Waals surface area contributed by atoms with Gasteiger partial charge in [-0.15, -0.1) is 0 Å². The van der Waals surface area contributed by atoms with Gasteiger partial charge in [-0.25, -0.2) is 14.6 Å². The van der Waals surface area contributed by atoms with E-state index in [0.29, 0.717) is 0 Å². The van der Waals surface area contributed by atoms with Crippen molar-refractivity contribution in [2.24, 2.45) is 5.41 Å². The fraction of sp³-hybridized carbons (Fsp3) is 0.500. The first-order chi connectivity index (χ1) is 19.8. The first-order valence-corrected chi connectivity index (χ1v) is 15.7. The van der Waals surface area contributed by atoms with Gasteiger partial charge in [0.2, 0.25) is 0 Å². The lowest BCUT2D eigenvalue weighted by molar-refractivity contribution is -0.119. The van der Waals surface area contributed by atoms with Crippen LogP contribution in [-0.4, -0.2) is 78.4 Å². The number of ether oxygens (including phenoxy) is 1. The van der Waals surface area contributed by atoms with Crippen LogP contribution in [0.15, 0.2) is 47.5 Å². The highest BCUT2D eigenvalue weighted by Gasteiger charge is 2.54. The van der Waals surface area contributed by atoms with E-state index in [0.717, 1.165) is 17.3 Å². The van der Waals surface area contributed by atoms with Crippen LogP contribution < -0.4 is 16.4 Å². The fourth-order valence-corrected chi connectivity index (χ4v) is 6.50. The SMILES string of the molecule is CC(C)(CO)C(=O)SCCOP(=O)(NCc1ccccc1)OCC1OC(n2cnc3c(=O)[nH]c(N)cc32)C(C)(O)C1O. The second kappa shape index (κ2) is 13.0. The average molecular weight is 626 g/mol. The summed E-state index contributed by atoms with van der Waals surface area (Å²) in [5.74, 6) is 0.229. The maximum atomic E-state index is 13.7. The zero-order chi connectivity index (χ0) is 30.7. The van der Waals surface area contributed by atoms with E-state index in [1.54, 1.807) is 13.8 Å². The lowest BCUT2D eigenvalue weighted by atomic mass is 9.96. The third-order valence-corrected chi connectivity index (χ3v) is 9.60. The van der Waals surface area contributed by atoms with Gasteiger partial charge in [-0.05, 0) is 26.3 Å². The number of hydrogen-bond donors (Lipinski definition) is 6. The van der Waals surface area contributed by atoms with E-state index in [1.165, 1.54) is 23.9 Å². The van der Waals surface area contributed by atoms with Crippen molar-refractivity contribution in [1.82, 2.24) is 19.6 Å². The third-order valence-electron chi connectivity index (χ3n) is 6.86. The lowest BCUT2D eigenvalue weighted by Crippen LogP contribution is -2.44. The van der Waals surface area contributed by atoms with Crippen molar-refractivity contribution in [3.05, 3.63) is 58.6 Å². The molecule has 0 radical (unpaired) electrons. The molecule has 0 amide bonds. The summed E-state index contributed by atoms with van der Waals surface area (Å²) in [7, 11) is -4.02. The molecule has 4 rings (SSSR count). The number of rotatable bonds is 13. The zero-order valence-electron chi connectivity index (χ0n) is 23.4. The van der Waals surface area contributed by atoms with E-state index in [1.807, 2.05) is 30.3 Å². The Morgan fingerprint density at radius 3 is 2.74 bits per heavy atom. The Hall–Kier alpha value is -2.59. The van der Waals surface area contributed by atoms with Gasteiger partial charge in [-0.2, -0.15) is 0 Å². The Balaban J connectivity index is 1.46. The van der Waals surface area contributed by atoms with Gasteiger partial charge in [0.15, 0.2) is 16.9 Å². The van der Waals surface area contributed by atoms with E-state index < -0.39 is 49.4 Å². The molecule has 0 spiro atoms. The minimum atomic E-state index is -4.02. The molecule has 1 aliphatic heterocycles. The molecule has 1 aliphatic rings. The second-order valence-electron chi connectivity index (χ2n) is 10.8. The van der Waals surface area contributed by atoms with Crippen molar-refractivity contribution >= 4 is 41.5 Å². The van der Waals surface area contributed by atoms with E-state index >= 15 is 0 Å². The summed E-state index contributed by atoms with van der Waals surface area (Å²) < 4.78 is 32.3. The summed E-state index contributed by atoms with van der Waals surface area (Å²) in [4.78, 5) is 31.1. The molecule has 7 N–H and O–H groups in total. The molecule has 3 aromatic rings. The number of pyridine rings is 1. The molecule has 0 saturated carbocycles. The monoisotopic (exact) mass is 625 g/mol. The molecule has 5 atom stereocenters. The normalized spacial score (nSPS) is 24.2. The van der Waals surface area contributed by atoms with Crippen molar-refractivity contribution in [1.29, 1.82) is 0 Å². The number of hydrogen-bond acceptors (Lipinski definition) is 12. The first kappa shape index (κ1) is 32.3. The number of benzene rings is 1. The molecule has 230 valence electrons. The van der Waals surface area contributed by atoms with E-state index in [4.69, 9.17) is 19.5 Å². The van der Waals surface area contributed by atoms with Crippen LogP contribution in [0, 0.1) is 5.41 Å². The number of thioether (sulfide) groups is 1. The molecule has 14 nitrogen and oxygen atoms in total. The predicted octanol–water partition coefficient (Wildman–Crippen LogP) is 1.53. The summed E-state index contributed by atoms with van der Waals surface area (Å²) >= 11 is 0.940. The maximum absolute atomic E-state index is 13.7. The van der Waals surface area contributed by atoms with Gasteiger partial charge in [0.25, 0.3) is 5.56 Å². The molecule has 0 bridgehead atoms. The molecule has 1 saturated heterocycles. The number of aliphatic hydroxyl groups is 3. The Morgan fingerprint density at radius 1 is 1.33 bits per heavy atom. The van der Waals surface area contributed by atoms with Crippen LogP contribution >= 0.6 is 19.5 Å². The molecule has 42 heavy (non-hydrogen) atoms. The Morgan fingerprint density at radius 2 is 2.05 bits per heavy atom. The Labute approximate surface area is 246 Å². The van der Waals surface area contributed by atoms with Crippen LogP contribution in [0.2, 0.25) is 0 Å². The number of H-pyrrole nitrogens is 1. The number of imidazole rings is 1. The van der Waals surface area contributed by atoms with Crippen LogP contribution in [-0.2, 0) is 29.7 Å². The van der Waals surface area contributed by atoms with Crippen LogP contribution in [0.3, 0.4) is 0 Å². The smallest absolute Gasteiger partial charge is 0.395 e. The minimum absolute atomic E-state index is 0.0690. The molecular weight excluding hydrogens is 589 g/mol.